The lowest BCUT2D eigenvalue weighted by Crippen LogP contribution is -2.50. The summed E-state index contributed by atoms with van der Waals surface area (Å²) in [5.74, 6) is 1.45. The molecule has 1 saturated heterocycles. The van der Waals surface area contributed by atoms with E-state index in [1.807, 2.05) is 39.0 Å². The van der Waals surface area contributed by atoms with Crippen molar-refractivity contribution in [3.8, 4) is 11.5 Å². The van der Waals surface area contributed by atoms with Gasteiger partial charge in [-0.3, -0.25) is 14.5 Å². The summed E-state index contributed by atoms with van der Waals surface area (Å²) >= 11 is 0. The van der Waals surface area contributed by atoms with Crippen LogP contribution < -0.4 is 14.8 Å². The molecule has 3 rings (SSSR count). The van der Waals surface area contributed by atoms with Crippen molar-refractivity contribution in [3.63, 3.8) is 0 Å². The molecule has 35 heavy (non-hydrogen) atoms. The molecule has 1 aliphatic carbocycles. The molecule has 194 valence electrons. The monoisotopic (exact) mass is 487 g/mol. The average molecular weight is 488 g/mol. The fraction of sp³-hybridized carbons (Fsp3) is 0.667. The average Bonchev–Trinajstić information content (AvgIpc) is 3.07. The fourth-order valence-corrected chi connectivity index (χ4v) is 5.01. The molecule has 1 spiro atoms. The van der Waals surface area contributed by atoms with E-state index in [1.54, 1.807) is 4.90 Å². The summed E-state index contributed by atoms with van der Waals surface area (Å²) in [6.07, 6.45) is 5.89. The number of nitrogens with zero attached hydrogens (tertiary/aromatic N) is 2. The minimum Gasteiger partial charge on any atom is -0.490 e. The molecule has 0 aromatic heterocycles. The van der Waals surface area contributed by atoms with E-state index in [0.717, 1.165) is 42.6 Å². The standard InChI is InChI=1S/C27H41N3O5/c1-5-15-29(18-21-9-10-22(35-16-6-2)23(17-21)34-8-4)24(31)19-30-25(32)27(28-26(30)33)13-11-20(7-3)12-14-27/h9-10,17,20H,5-8,11-16,18-19H2,1-4H3,(H,28,33). The highest BCUT2D eigenvalue weighted by Gasteiger charge is 2.52. The quantitative estimate of drug-likeness (QED) is 0.439. The number of amides is 4. The number of rotatable bonds is 12. The smallest absolute Gasteiger partial charge is 0.325 e. The lowest BCUT2D eigenvalue weighted by atomic mass is 9.75. The van der Waals surface area contributed by atoms with Gasteiger partial charge in [0.1, 0.15) is 12.1 Å². The molecule has 0 unspecified atom stereocenters. The van der Waals surface area contributed by atoms with Crippen LogP contribution in [0.3, 0.4) is 0 Å². The molecule has 1 saturated carbocycles. The van der Waals surface area contributed by atoms with Crippen LogP contribution in [0.2, 0.25) is 0 Å². The molecule has 4 amide bonds. The Balaban J connectivity index is 1.69. The summed E-state index contributed by atoms with van der Waals surface area (Å²) in [5.41, 5.74) is 0.0740. The first kappa shape index (κ1) is 26.8. The molecule has 2 fully saturated rings. The molecular weight excluding hydrogens is 446 g/mol. The van der Waals surface area contributed by atoms with Crippen LogP contribution in [-0.4, -0.2) is 59.5 Å². The second kappa shape index (κ2) is 12.3. The first-order chi connectivity index (χ1) is 16.9. The van der Waals surface area contributed by atoms with Crippen LogP contribution in [0.25, 0.3) is 0 Å². The number of nitrogens with one attached hydrogen (secondary N) is 1. The Kier molecular flexibility index (Phi) is 9.40. The summed E-state index contributed by atoms with van der Waals surface area (Å²) in [5, 5.41) is 2.92. The zero-order valence-corrected chi connectivity index (χ0v) is 21.7. The Morgan fingerprint density at radius 3 is 2.46 bits per heavy atom. The normalized spacial score (nSPS) is 21.8. The molecule has 1 aromatic carbocycles. The maximum Gasteiger partial charge on any atom is 0.325 e. The minimum atomic E-state index is -0.834. The molecule has 0 bridgehead atoms. The number of urea groups is 1. The van der Waals surface area contributed by atoms with Gasteiger partial charge in [0.15, 0.2) is 11.5 Å². The van der Waals surface area contributed by atoms with Crippen molar-refractivity contribution < 1.29 is 23.9 Å². The van der Waals surface area contributed by atoms with E-state index in [1.165, 1.54) is 0 Å². The fourth-order valence-electron chi connectivity index (χ4n) is 5.01. The van der Waals surface area contributed by atoms with Crippen LogP contribution in [0.1, 0.15) is 78.2 Å². The van der Waals surface area contributed by atoms with Gasteiger partial charge >= 0.3 is 6.03 Å². The van der Waals surface area contributed by atoms with Crippen molar-refractivity contribution in [3.05, 3.63) is 23.8 Å². The maximum atomic E-state index is 13.3. The highest BCUT2D eigenvalue weighted by Crippen LogP contribution is 2.37. The first-order valence-electron chi connectivity index (χ1n) is 13.2. The van der Waals surface area contributed by atoms with Crippen molar-refractivity contribution in [2.75, 3.05) is 26.3 Å². The highest BCUT2D eigenvalue weighted by atomic mass is 16.5. The summed E-state index contributed by atoms with van der Waals surface area (Å²) in [6, 6.07) is 5.25. The molecule has 1 aliphatic heterocycles. The van der Waals surface area contributed by atoms with Crippen LogP contribution in [0.15, 0.2) is 18.2 Å². The van der Waals surface area contributed by atoms with Gasteiger partial charge in [-0.1, -0.05) is 33.3 Å². The van der Waals surface area contributed by atoms with Crippen molar-refractivity contribution in [2.24, 2.45) is 5.92 Å². The Hall–Kier alpha value is -2.77. The Labute approximate surface area is 209 Å². The van der Waals surface area contributed by atoms with Crippen LogP contribution in [0, 0.1) is 5.92 Å². The van der Waals surface area contributed by atoms with E-state index < -0.39 is 11.6 Å². The van der Waals surface area contributed by atoms with E-state index >= 15 is 0 Å². The van der Waals surface area contributed by atoms with E-state index in [0.29, 0.717) is 56.6 Å². The number of carbonyl (C=O) groups is 3. The number of benzene rings is 1. The highest BCUT2D eigenvalue weighted by molar-refractivity contribution is 6.09. The van der Waals surface area contributed by atoms with Gasteiger partial charge in [0, 0.05) is 13.1 Å². The third kappa shape index (κ3) is 6.27. The lowest BCUT2D eigenvalue weighted by Gasteiger charge is -2.34. The number of hydrogen-bond acceptors (Lipinski definition) is 5. The molecule has 0 atom stereocenters. The summed E-state index contributed by atoms with van der Waals surface area (Å²) in [7, 11) is 0. The molecule has 8 nitrogen and oxygen atoms in total. The predicted octanol–water partition coefficient (Wildman–Crippen LogP) is 4.50. The molecule has 1 N–H and O–H groups in total. The molecule has 8 heteroatoms. The second-order valence-electron chi connectivity index (χ2n) is 9.63. The van der Waals surface area contributed by atoms with Gasteiger partial charge in [0.25, 0.3) is 5.91 Å². The van der Waals surface area contributed by atoms with Gasteiger partial charge in [-0.25, -0.2) is 4.79 Å². The lowest BCUT2D eigenvalue weighted by molar-refractivity contribution is -0.140. The molecule has 2 aliphatic rings. The third-order valence-electron chi connectivity index (χ3n) is 7.06. The number of carbonyl (C=O) groups excluding carboxylic acids is 3. The largest absolute Gasteiger partial charge is 0.490 e. The van der Waals surface area contributed by atoms with Gasteiger partial charge in [-0.2, -0.15) is 0 Å². The second-order valence-corrected chi connectivity index (χ2v) is 9.63. The van der Waals surface area contributed by atoms with Gasteiger partial charge < -0.3 is 19.7 Å². The topological polar surface area (TPSA) is 88.2 Å². The van der Waals surface area contributed by atoms with Crippen molar-refractivity contribution in [1.29, 1.82) is 0 Å². The summed E-state index contributed by atoms with van der Waals surface area (Å²) in [4.78, 5) is 42.1. The Morgan fingerprint density at radius 2 is 1.83 bits per heavy atom. The van der Waals surface area contributed by atoms with E-state index in [4.69, 9.17) is 9.47 Å². The Morgan fingerprint density at radius 1 is 1.09 bits per heavy atom. The third-order valence-corrected chi connectivity index (χ3v) is 7.06. The van der Waals surface area contributed by atoms with Crippen molar-refractivity contribution in [1.82, 2.24) is 15.1 Å². The molecule has 0 radical (unpaired) electrons. The van der Waals surface area contributed by atoms with Crippen LogP contribution >= 0.6 is 0 Å². The van der Waals surface area contributed by atoms with Gasteiger partial charge in [-0.15, -0.1) is 0 Å². The summed E-state index contributed by atoms with van der Waals surface area (Å²) < 4.78 is 11.5. The molecule has 1 heterocycles. The maximum absolute atomic E-state index is 13.3. The Bertz CT molecular complexity index is 895. The van der Waals surface area contributed by atoms with Crippen LogP contribution in [-0.2, 0) is 16.1 Å². The first-order valence-corrected chi connectivity index (χ1v) is 13.2. The predicted molar refractivity (Wildman–Crippen MR) is 134 cm³/mol. The SMILES string of the molecule is CCCOc1ccc(CN(CCC)C(=O)CN2C(=O)NC3(CCC(CC)CC3)C2=O)cc1OCC. The summed E-state index contributed by atoms with van der Waals surface area (Å²) in [6.45, 7) is 9.91. The molecule has 1 aromatic rings. The zero-order valence-electron chi connectivity index (χ0n) is 21.7. The van der Waals surface area contributed by atoms with Crippen molar-refractivity contribution >= 4 is 17.8 Å². The van der Waals surface area contributed by atoms with E-state index in [-0.39, 0.29) is 18.4 Å². The van der Waals surface area contributed by atoms with Gasteiger partial charge in [0.2, 0.25) is 5.91 Å². The van der Waals surface area contributed by atoms with E-state index in [2.05, 4.69) is 12.2 Å². The van der Waals surface area contributed by atoms with Crippen LogP contribution in [0.4, 0.5) is 4.79 Å². The van der Waals surface area contributed by atoms with Crippen LogP contribution in [0.5, 0.6) is 11.5 Å². The van der Waals surface area contributed by atoms with Gasteiger partial charge in [0.05, 0.1) is 13.2 Å². The van der Waals surface area contributed by atoms with Crippen molar-refractivity contribution in [2.45, 2.75) is 84.7 Å². The minimum absolute atomic E-state index is 0.236. The van der Waals surface area contributed by atoms with E-state index in [9.17, 15) is 14.4 Å². The number of hydrogen-bond donors (Lipinski definition) is 1. The molecular formula is C27H41N3O5. The number of imide groups is 1. The zero-order chi connectivity index (χ0) is 25.4. The number of ether oxygens (including phenoxy) is 2. The van der Waals surface area contributed by atoms with Gasteiger partial charge in [-0.05, 0) is 69.1 Å².